The Labute approximate surface area is 162 Å². The summed E-state index contributed by atoms with van der Waals surface area (Å²) in [5.74, 6) is 0.373. The van der Waals surface area contributed by atoms with Crippen molar-refractivity contribution in [3.8, 4) is 11.5 Å². The smallest absolute Gasteiger partial charge is 0.269 e. The molecule has 8 heteroatoms. The molecule has 0 radical (unpaired) electrons. The van der Waals surface area contributed by atoms with E-state index in [1.54, 1.807) is 36.4 Å². The maximum atomic E-state index is 12.2. The predicted octanol–water partition coefficient (Wildman–Crippen LogP) is 3.69. The first-order valence-corrected chi connectivity index (χ1v) is 8.91. The topological polar surface area (TPSA) is 76.7 Å². The number of halogens is 2. The number of carbonyl (C=O) groups is 2. The van der Waals surface area contributed by atoms with Gasteiger partial charge in [-0.3, -0.25) is 20.4 Å². The molecular weight excluding hydrogens is 456 g/mol. The predicted molar refractivity (Wildman–Crippen MR) is 101 cm³/mol. The van der Waals surface area contributed by atoms with Crippen LogP contribution in [0.4, 0.5) is 0 Å². The molecule has 0 aliphatic heterocycles. The van der Waals surface area contributed by atoms with Crippen LogP contribution in [0.25, 0.3) is 0 Å². The number of methoxy groups -OCH3 is 1. The quantitative estimate of drug-likeness (QED) is 0.652. The van der Waals surface area contributed by atoms with Crippen LogP contribution in [-0.2, 0) is 0 Å². The third kappa shape index (κ3) is 4.96. The molecule has 2 rings (SSSR count). The summed E-state index contributed by atoms with van der Waals surface area (Å²) in [4.78, 5) is 24.3. The van der Waals surface area contributed by atoms with Crippen molar-refractivity contribution in [2.45, 2.75) is 6.92 Å². The molecule has 2 amide bonds. The summed E-state index contributed by atoms with van der Waals surface area (Å²) in [5, 5.41) is 0. The van der Waals surface area contributed by atoms with Gasteiger partial charge in [0.15, 0.2) is 0 Å². The summed E-state index contributed by atoms with van der Waals surface area (Å²) in [7, 11) is 1.54. The molecule has 6 nitrogen and oxygen atoms in total. The Hall–Kier alpha value is -2.06. The molecular formula is C17H16Br2N2O4. The second-order valence-electron chi connectivity index (χ2n) is 4.84. The van der Waals surface area contributed by atoms with Gasteiger partial charge >= 0.3 is 0 Å². The standard InChI is InChI=1S/C17H16Br2N2O4/c1-3-25-15-7-5-11(9-13(15)19)17(23)21-20-16(22)10-4-6-14(24-2)12(18)8-10/h4-9H,3H2,1-2H3,(H,20,22)(H,21,23). The van der Waals surface area contributed by atoms with E-state index in [9.17, 15) is 9.59 Å². The highest BCUT2D eigenvalue weighted by molar-refractivity contribution is 9.10. The molecule has 2 N–H and O–H groups in total. The number of rotatable bonds is 5. The van der Waals surface area contributed by atoms with Crippen LogP contribution in [0.1, 0.15) is 27.6 Å². The van der Waals surface area contributed by atoms with Gasteiger partial charge in [0.1, 0.15) is 11.5 Å². The molecule has 2 aromatic carbocycles. The number of hydrogen-bond acceptors (Lipinski definition) is 4. The molecule has 0 spiro atoms. The first kappa shape index (κ1) is 19.3. The lowest BCUT2D eigenvalue weighted by molar-refractivity contribution is 0.0846. The molecule has 0 aliphatic rings. The first-order valence-electron chi connectivity index (χ1n) is 7.32. The van der Waals surface area contributed by atoms with Gasteiger partial charge in [-0.05, 0) is 75.2 Å². The van der Waals surface area contributed by atoms with E-state index in [2.05, 4.69) is 42.7 Å². The van der Waals surface area contributed by atoms with Crippen LogP contribution in [0, 0.1) is 0 Å². The Morgan fingerprint density at radius 3 is 1.80 bits per heavy atom. The molecule has 0 bridgehead atoms. The molecule has 0 unspecified atom stereocenters. The fourth-order valence-electron chi connectivity index (χ4n) is 1.98. The van der Waals surface area contributed by atoms with Crippen molar-refractivity contribution in [2.24, 2.45) is 0 Å². The Bertz CT molecular complexity index is 796. The molecule has 2 aromatic rings. The van der Waals surface area contributed by atoms with Crippen molar-refractivity contribution in [3.05, 3.63) is 56.5 Å². The van der Waals surface area contributed by atoms with Gasteiger partial charge in [0.25, 0.3) is 11.8 Å². The van der Waals surface area contributed by atoms with Crippen LogP contribution < -0.4 is 20.3 Å². The van der Waals surface area contributed by atoms with Gasteiger partial charge in [0, 0.05) is 11.1 Å². The summed E-state index contributed by atoms with van der Waals surface area (Å²) >= 11 is 6.66. The SMILES string of the molecule is CCOc1ccc(C(=O)NNC(=O)c2ccc(OC)c(Br)c2)cc1Br. The lowest BCUT2D eigenvalue weighted by Gasteiger charge is -2.10. The second kappa shape index (κ2) is 8.87. The average molecular weight is 472 g/mol. The number of benzene rings is 2. The van der Waals surface area contributed by atoms with Crippen molar-refractivity contribution in [2.75, 3.05) is 13.7 Å². The second-order valence-corrected chi connectivity index (χ2v) is 6.54. The molecule has 0 atom stereocenters. The van der Waals surface area contributed by atoms with Crippen LogP contribution in [-0.4, -0.2) is 25.5 Å². The summed E-state index contributed by atoms with van der Waals surface area (Å²) in [5.41, 5.74) is 5.51. The van der Waals surface area contributed by atoms with Gasteiger partial charge in [-0.25, -0.2) is 0 Å². The fourth-order valence-corrected chi connectivity index (χ4v) is 3.01. The van der Waals surface area contributed by atoms with Crippen molar-refractivity contribution in [1.29, 1.82) is 0 Å². The van der Waals surface area contributed by atoms with Crippen molar-refractivity contribution in [3.63, 3.8) is 0 Å². The zero-order valence-electron chi connectivity index (χ0n) is 13.6. The van der Waals surface area contributed by atoms with E-state index in [-0.39, 0.29) is 0 Å². The number of nitrogens with one attached hydrogen (secondary N) is 2. The van der Waals surface area contributed by atoms with Crippen molar-refractivity contribution >= 4 is 43.7 Å². The molecule has 0 saturated heterocycles. The zero-order valence-corrected chi connectivity index (χ0v) is 16.7. The van der Waals surface area contributed by atoms with Crippen molar-refractivity contribution in [1.82, 2.24) is 10.9 Å². The largest absolute Gasteiger partial charge is 0.496 e. The summed E-state index contributed by atoms with van der Waals surface area (Å²) in [6.07, 6.45) is 0. The molecule has 0 saturated carbocycles. The van der Waals surface area contributed by atoms with E-state index in [0.29, 0.717) is 38.2 Å². The minimum absolute atomic E-state index is 0.376. The van der Waals surface area contributed by atoms with E-state index in [1.165, 1.54) is 7.11 Å². The Kier molecular flexibility index (Phi) is 6.83. The van der Waals surface area contributed by atoms with E-state index in [1.807, 2.05) is 6.92 Å². The number of ether oxygens (including phenoxy) is 2. The average Bonchev–Trinajstić information content (AvgIpc) is 2.61. The Balaban J connectivity index is 2.00. The van der Waals surface area contributed by atoms with Crippen LogP contribution in [0.2, 0.25) is 0 Å². The summed E-state index contributed by atoms with van der Waals surface area (Å²) in [6, 6.07) is 9.78. The zero-order chi connectivity index (χ0) is 18.4. The fraction of sp³-hybridized carbons (Fsp3) is 0.176. The highest BCUT2D eigenvalue weighted by Crippen LogP contribution is 2.26. The van der Waals surface area contributed by atoms with Crippen molar-refractivity contribution < 1.29 is 19.1 Å². The maximum Gasteiger partial charge on any atom is 0.269 e. The van der Waals surface area contributed by atoms with Gasteiger partial charge in [-0.2, -0.15) is 0 Å². The van der Waals surface area contributed by atoms with E-state index in [0.717, 1.165) is 0 Å². The monoisotopic (exact) mass is 470 g/mol. The van der Waals surface area contributed by atoms with E-state index in [4.69, 9.17) is 9.47 Å². The molecule has 0 aromatic heterocycles. The lowest BCUT2D eigenvalue weighted by atomic mass is 10.2. The summed E-state index contributed by atoms with van der Waals surface area (Å²) < 4.78 is 11.8. The van der Waals surface area contributed by atoms with E-state index >= 15 is 0 Å². The minimum Gasteiger partial charge on any atom is -0.496 e. The number of carbonyl (C=O) groups excluding carboxylic acids is 2. The summed E-state index contributed by atoms with van der Waals surface area (Å²) in [6.45, 7) is 2.40. The van der Waals surface area contributed by atoms with Crippen LogP contribution >= 0.6 is 31.9 Å². The van der Waals surface area contributed by atoms with Gasteiger partial charge < -0.3 is 9.47 Å². The molecule has 0 aliphatic carbocycles. The molecule has 0 fully saturated rings. The molecule has 25 heavy (non-hydrogen) atoms. The Morgan fingerprint density at radius 2 is 1.40 bits per heavy atom. The molecule has 0 heterocycles. The third-order valence-electron chi connectivity index (χ3n) is 3.20. The van der Waals surface area contributed by atoms with Gasteiger partial charge in [0.05, 0.1) is 22.7 Å². The minimum atomic E-state index is -0.443. The van der Waals surface area contributed by atoms with Gasteiger partial charge in [-0.15, -0.1) is 0 Å². The van der Waals surface area contributed by atoms with Crippen LogP contribution in [0.5, 0.6) is 11.5 Å². The highest BCUT2D eigenvalue weighted by atomic mass is 79.9. The third-order valence-corrected chi connectivity index (χ3v) is 4.44. The maximum absolute atomic E-state index is 12.2. The van der Waals surface area contributed by atoms with Crippen LogP contribution in [0.3, 0.4) is 0 Å². The first-order chi connectivity index (χ1) is 12.0. The number of amides is 2. The molecule has 132 valence electrons. The van der Waals surface area contributed by atoms with Gasteiger partial charge in [0.2, 0.25) is 0 Å². The van der Waals surface area contributed by atoms with E-state index < -0.39 is 11.8 Å². The highest BCUT2D eigenvalue weighted by Gasteiger charge is 2.12. The number of hydrogen-bond donors (Lipinski definition) is 2. The van der Waals surface area contributed by atoms with Crippen LogP contribution in [0.15, 0.2) is 45.3 Å². The number of hydrazine groups is 1. The lowest BCUT2D eigenvalue weighted by Crippen LogP contribution is -2.41. The van der Waals surface area contributed by atoms with Gasteiger partial charge in [-0.1, -0.05) is 0 Å². The Morgan fingerprint density at radius 1 is 0.920 bits per heavy atom. The normalized spacial score (nSPS) is 10.1.